The second-order valence-corrected chi connectivity index (χ2v) is 4.21. The summed E-state index contributed by atoms with van der Waals surface area (Å²) in [5, 5.41) is 3.38. The summed E-state index contributed by atoms with van der Waals surface area (Å²) in [7, 11) is 0. The van der Waals surface area contributed by atoms with E-state index in [0.717, 1.165) is 38.8 Å². The van der Waals surface area contributed by atoms with Crippen molar-refractivity contribution in [2.75, 3.05) is 39.5 Å². The van der Waals surface area contributed by atoms with E-state index in [9.17, 15) is 0 Å². The van der Waals surface area contributed by atoms with Crippen LogP contribution in [0.2, 0.25) is 0 Å². The van der Waals surface area contributed by atoms with Gasteiger partial charge in [0, 0.05) is 13.2 Å². The maximum Gasteiger partial charge on any atom is 0.0700 e. The Labute approximate surface area is 106 Å². The monoisotopic (exact) mass is 251 g/mol. The number of hydrogen-bond acceptors (Lipinski definition) is 3. The van der Waals surface area contributed by atoms with Crippen LogP contribution in [-0.4, -0.2) is 39.5 Å². The molecular formula is C12H26ClNO2. The molecule has 0 unspecified atom stereocenters. The van der Waals surface area contributed by atoms with Crippen molar-refractivity contribution < 1.29 is 9.47 Å². The smallest absolute Gasteiger partial charge is 0.0700 e. The van der Waals surface area contributed by atoms with E-state index >= 15 is 0 Å². The zero-order chi connectivity index (χ0) is 10.8. The quantitative estimate of drug-likeness (QED) is 0.672. The molecule has 0 aromatic heterocycles. The maximum absolute atomic E-state index is 5.54. The summed E-state index contributed by atoms with van der Waals surface area (Å²) in [6.45, 7) is 7.76. The van der Waals surface area contributed by atoms with Gasteiger partial charge in [0.2, 0.25) is 0 Å². The van der Waals surface area contributed by atoms with E-state index in [1.54, 1.807) is 0 Å². The Morgan fingerprint density at radius 1 is 1.00 bits per heavy atom. The van der Waals surface area contributed by atoms with Gasteiger partial charge in [-0.2, -0.15) is 0 Å². The Hall–Kier alpha value is 0.170. The maximum atomic E-state index is 5.54. The molecular weight excluding hydrogens is 226 g/mol. The molecule has 0 aromatic rings. The van der Waals surface area contributed by atoms with Gasteiger partial charge in [-0.15, -0.1) is 12.4 Å². The van der Waals surface area contributed by atoms with Gasteiger partial charge in [-0.25, -0.2) is 0 Å². The Kier molecular flexibility index (Phi) is 11.8. The second-order valence-electron chi connectivity index (χ2n) is 4.21. The van der Waals surface area contributed by atoms with Gasteiger partial charge in [0.25, 0.3) is 0 Å². The predicted octanol–water partition coefficient (Wildman–Crippen LogP) is 2.24. The lowest BCUT2D eigenvalue weighted by Gasteiger charge is -2.22. The topological polar surface area (TPSA) is 30.5 Å². The van der Waals surface area contributed by atoms with Crippen LogP contribution in [-0.2, 0) is 9.47 Å². The summed E-state index contributed by atoms with van der Waals surface area (Å²) in [4.78, 5) is 0. The van der Waals surface area contributed by atoms with Crippen LogP contribution in [0.4, 0.5) is 0 Å². The summed E-state index contributed by atoms with van der Waals surface area (Å²) in [6, 6.07) is 0. The van der Waals surface area contributed by atoms with Crippen molar-refractivity contribution in [1.82, 2.24) is 5.32 Å². The Balaban J connectivity index is 0.00000225. The first-order valence-electron chi connectivity index (χ1n) is 6.29. The number of piperidine rings is 1. The van der Waals surface area contributed by atoms with Crippen molar-refractivity contribution >= 4 is 12.4 Å². The molecule has 16 heavy (non-hydrogen) atoms. The predicted molar refractivity (Wildman–Crippen MR) is 69.4 cm³/mol. The lowest BCUT2D eigenvalue weighted by atomic mass is 9.95. The molecule has 0 atom stereocenters. The summed E-state index contributed by atoms with van der Waals surface area (Å²) in [6.07, 6.45) is 4.94. The molecule has 0 spiro atoms. The lowest BCUT2D eigenvalue weighted by Crippen LogP contribution is -2.28. The largest absolute Gasteiger partial charge is 0.379 e. The average Bonchev–Trinajstić information content (AvgIpc) is 2.29. The molecule has 1 fully saturated rings. The molecule has 0 saturated carbocycles. The Bertz CT molecular complexity index is 141. The molecule has 1 N–H and O–H groups in total. The molecule has 1 aliphatic heterocycles. The average molecular weight is 252 g/mol. The number of ether oxygens (including phenoxy) is 2. The lowest BCUT2D eigenvalue weighted by molar-refractivity contribution is 0.0417. The summed E-state index contributed by atoms with van der Waals surface area (Å²) in [5.74, 6) is 0.878. The fraction of sp³-hybridized carbons (Fsp3) is 1.00. The van der Waals surface area contributed by atoms with Crippen LogP contribution in [0.15, 0.2) is 0 Å². The third-order valence-corrected chi connectivity index (χ3v) is 2.85. The molecule has 1 saturated heterocycles. The molecule has 1 aliphatic rings. The highest BCUT2D eigenvalue weighted by Gasteiger charge is 2.11. The van der Waals surface area contributed by atoms with Gasteiger partial charge in [0.15, 0.2) is 0 Å². The van der Waals surface area contributed by atoms with Crippen molar-refractivity contribution in [3.8, 4) is 0 Å². The normalized spacial score (nSPS) is 17.1. The van der Waals surface area contributed by atoms with Crippen LogP contribution in [0.5, 0.6) is 0 Å². The minimum absolute atomic E-state index is 0. The standard InChI is InChI=1S/C12H25NO2.ClH/c1-2-8-14-10-11-15-9-5-12-3-6-13-7-4-12;/h12-13H,2-11H2,1H3;1H. The van der Waals surface area contributed by atoms with Crippen LogP contribution in [0.1, 0.15) is 32.6 Å². The first-order valence-corrected chi connectivity index (χ1v) is 6.29. The molecule has 3 nitrogen and oxygen atoms in total. The zero-order valence-corrected chi connectivity index (χ0v) is 11.2. The number of nitrogens with one attached hydrogen (secondary N) is 1. The van der Waals surface area contributed by atoms with Gasteiger partial charge in [-0.05, 0) is 44.7 Å². The molecule has 0 bridgehead atoms. The van der Waals surface area contributed by atoms with Crippen molar-refractivity contribution in [2.45, 2.75) is 32.6 Å². The third kappa shape index (κ3) is 8.34. The molecule has 98 valence electrons. The van der Waals surface area contributed by atoms with E-state index in [4.69, 9.17) is 9.47 Å². The van der Waals surface area contributed by atoms with Gasteiger partial charge in [-0.1, -0.05) is 6.92 Å². The summed E-state index contributed by atoms with van der Waals surface area (Å²) in [5.41, 5.74) is 0. The highest BCUT2D eigenvalue weighted by atomic mass is 35.5. The molecule has 1 rings (SSSR count). The highest BCUT2D eigenvalue weighted by Crippen LogP contribution is 2.15. The number of hydrogen-bond donors (Lipinski definition) is 1. The van der Waals surface area contributed by atoms with E-state index in [-0.39, 0.29) is 12.4 Å². The van der Waals surface area contributed by atoms with Crippen LogP contribution in [0.3, 0.4) is 0 Å². The summed E-state index contributed by atoms with van der Waals surface area (Å²) < 4.78 is 10.9. The van der Waals surface area contributed by atoms with Crippen molar-refractivity contribution in [2.24, 2.45) is 5.92 Å². The minimum Gasteiger partial charge on any atom is -0.379 e. The van der Waals surface area contributed by atoms with E-state index in [1.807, 2.05) is 0 Å². The van der Waals surface area contributed by atoms with Crippen molar-refractivity contribution in [3.63, 3.8) is 0 Å². The van der Waals surface area contributed by atoms with Crippen LogP contribution < -0.4 is 5.32 Å². The van der Waals surface area contributed by atoms with Gasteiger partial charge in [-0.3, -0.25) is 0 Å². The van der Waals surface area contributed by atoms with Crippen LogP contribution in [0.25, 0.3) is 0 Å². The van der Waals surface area contributed by atoms with Gasteiger partial charge < -0.3 is 14.8 Å². The van der Waals surface area contributed by atoms with E-state index in [2.05, 4.69) is 12.2 Å². The molecule has 0 amide bonds. The number of halogens is 1. The van der Waals surface area contributed by atoms with E-state index < -0.39 is 0 Å². The zero-order valence-electron chi connectivity index (χ0n) is 10.4. The van der Waals surface area contributed by atoms with Gasteiger partial charge >= 0.3 is 0 Å². The van der Waals surface area contributed by atoms with Crippen molar-refractivity contribution in [1.29, 1.82) is 0 Å². The van der Waals surface area contributed by atoms with Gasteiger partial charge in [0.05, 0.1) is 13.2 Å². The Morgan fingerprint density at radius 3 is 2.25 bits per heavy atom. The first-order chi connectivity index (χ1) is 7.43. The van der Waals surface area contributed by atoms with Crippen LogP contribution in [0, 0.1) is 5.92 Å². The molecule has 4 heteroatoms. The Morgan fingerprint density at radius 2 is 1.62 bits per heavy atom. The van der Waals surface area contributed by atoms with Crippen LogP contribution >= 0.6 is 12.4 Å². The third-order valence-electron chi connectivity index (χ3n) is 2.85. The molecule has 0 radical (unpaired) electrons. The SMILES string of the molecule is CCCOCCOCCC1CCNCC1.Cl. The number of rotatable bonds is 8. The molecule has 0 aliphatic carbocycles. The summed E-state index contributed by atoms with van der Waals surface area (Å²) >= 11 is 0. The highest BCUT2D eigenvalue weighted by molar-refractivity contribution is 5.85. The second kappa shape index (κ2) is 11.6. The molecule has 1 heterocycles. The minimum atomic E-state index is 0. The van der Waals surface area contributed by atoms with E-state index in [0.29, 0.717) is 0 Å². The molecule has 0 aromatic carbocycles. The fourth-order valence-corrected chi connectivity index (χ4v) is 1.89. The fourth-order valence-electron chi connectivity index (χ4n) is 1.89. The van der Waals surface area contributed by atoms with Crippen molar-refractivity contribution in [3.05, 3.63) is 0 Å². The first kappa shape index (κ1) is 16.2. The van der Waals surface area contributed by atoms with Gasteiger partial charge in [0.1, 0.15) is 0 Å². The van der Waals surface area contributed by atoms with E-state index in [1.165, 1.54) is 32.4 Å².